The number of hydrogen-bond acceptors (Lipinski definition) is 3. The van der Waals surface area contributed by atoms with E-state index in [2.05, 4.69) is 32.2 Å². The van der Waals surface area contributed by atoms with E-state index in [1.165, 1.54) is 5.56 Å². The summed E-state index contributed by atoms with van der Waals surface area (Å²) >= 11 is 0. The molecule has 0 aliphatic carbocycles. The van der Waals surface area contributed by atoms with E-state index in [1.54, 1.807) is 13.4 Å². The second-order valence-electron chi connectivity index (χ2n) is 5.41. The lowest BCUT2D eigenvalue weighted by Crippen LogP contribution is -2.49. The van der Waals surface area contributed by atoms with Crippen LogP contribution in [0.1, 0.15) is 38.5 Å². The van der Waals surface area contributed by atoms with Crippen molar-refractivity contribution in [1.82, 2.24) is 5.32 Å². The summed E-state index contributed by atoms with van der Waals surface area (Å²) in [5.74, 6) is 1.12. The van der Waals surface area contributed by atoms with Crippen molar-refractivity contribution in [3.8, 4) is 0 Å². The molecule has 2 rings (SSSR count). The molecule has 3 nitrogen and oxygen atoms in total. The molecule has 0 amide bonds. The van der Waals surface area contributed by atoms with Crippen molar-refractivity contribution in [1.29, 1.82) is 0 Å². The number of ether oxygens (including phenoxy) is 1. The molecule has 0 bridgehead atoms. The van der Waals surface area contributed by atoms with Gasteiger partial charge >= 0.3 is 0 Å². The van der Waals surface area contributed by atoms with Crippen LogP contribution >= 0.6 is 0 Å². The lowest BCUT2D eigenvalue weighted by atomic mass is 9.80. The molecule has 1 aliphatic rings. The summed E-state index contributed by atoms with van der Waals surface area (Å²) in [6.45, 7) is 7.43. The van der Waals surface area contributed by atoms with Gasteiger partial charge in [-0.05, 0) is 33.3 Å². The predicted molar refractivity (Wildman–Crippen MR) is 63.5 cm³/mol. The van der Waals surface area contributed by atoms with Gasteiger partial charge in [-0.15, -0.1) is 0 Å². The summed E-state index contributed by atoms with van der Waals surface area (Å²) in [6.07, 6.45) is 3.70. The van der Waals surface area contributed by atoms with Gasteiger partial charge in [-0.25, -0.2) is 0 Å². The zero-order valence-corrected chi connectivity index (χ0v) is 10.6. The molecule has 2 heterocycles. The van der Waals surface area contributed by atoms with Gasteiger partial charge < -0.3 is 14.5 Å². The number of nitrogens with one attached hydrogen (secondary N) is 1. The Morgan fingerprint density at radius 1 is 1.56 bits per heavy atom. The van der Waals surface area contributed by atoms with Crippen molar-refractivity contribution in [2.75, 3.05) is 13.7 Å². The summed E-state index contributed by atoms with van der Waals surface area (Å²) in [5.41, 5.74) is 1.11. The lowest BCUT2D eigenvalue weighted by Gasteiger charge is -2.40. The van der Waals surface area contributed by atoms with Crippen molar-refractivity contribution in [3.63, 3.8) is 0 Å². The van der Waals surface area contributed by atoms with Crippen molar-refractivity contribution in [2.45, 2.75) is 44.8 Å². The predicted octanol–water partition coefficient (Wildman–Crippen LogP) is 2.46. The Labute approximate surface area is 97.2 Å². The zero-order valence-electron chi connectivity index (χ0n) is 10.6. The standard InChI is InChI=1S/C13H21NO2/c1-12(2,15-4)9-13(3)10-6-8-16-11(10)5-7-14-13/h6,8,14H,5,7,9H2,1-4H3. The minimum absolute atomic E-state index is 0.0416. The van der Waals surface area contributed by atoms with Crippen LogP contribution in [0.4, 0.5) is 0 Å². The summed E-state index contributed by atoms with van der Waals surface area (Å²) in [5, 5.41) is 3.59. The number of hydrogen-bond donors (Lipinski definition) is 1. The van der Waals surface area contributed by atoms with E-state index in [9.17, 15) is 0 Å². The largest absolute Gasteiger partial charge is 0.469 e. The first-order valence-corrected chi connectivity index (χ1v) is 5.84. The Kier molecular flexibility index (Phi) is 2.84. The number of rotatable bonds is 3. The van der Waals surface area contributed by atoms with E-state index in [4.69, 9.17) is 9.15 Å². The summed E-state index contributed by atoms with van der Waals surface area (Å²) in [7, 11) is 1.77. The highest BCUT2D eigenvalue weighted by Crippen LogP contribution is 2.36. The maximum Gasteiger partial charge on any atom is 0.110 e. The van der Waals surface area contributed by atoms with Gasteiger partial charge in [0, 0.05) is 31.2 Å². The van der Waals surface area contributed by atoms with Crippen LogP contribution in [0, 0.1) is 0 Å². The summed E-state index contributed by atoms with van der Waals surface area (Å²) < 4.78 is 11.0. The third-order valence-electron chi connectivity index (χ3n) is 3.54. The fraction of sp³-hybridized carbons (Fsp3) is 0.692. The smallest absolute Gasteiger partial charge is 0.110 e. The van der Waals surface area contributed by atoms with E-state index in [1.807, 2.05) is 0 Å². The molecule has 1 aliphatic heterocycles. The van der Waals surface area contributed by atoms with Crippen LogP contribution in [-0.4, -0.2) is 19.3 Å². The first kappa shape index (κ1) is 11.7. The molecule has 0 saturated heterocycles. The highest BCUT2D eigenvalue weighted by molar-refractivity contribution is 5.29. The number of methoxy groups -OCH3 is 1. The van der Waals surface area contributed by atoms with Crippen molar-refractivity contribution >= 4 is 0 Å². The van der Waals surface area contributed by atoms with Crippen LogP contribution in [0.2, 0.25) is 0 Å². The van der Waals surface area contributed by atoms with Crippen LogP contribution in [0.3, 0.4) is 0 Å². The maximum absolute atomic E-state index is 5.53. The van der Waals surface area contributed by atoms with E-state index >= 15 is 0 Å². The molecular weight excluding hydrogens is 202 g/mol. The fourth-order valence-corrected chi connectivity index (χ4v) is 2.65. The average Bonchev–Trinajstić information content (AvgIpc) is 2.66. The molecule has 0 spiro atoms. The lowest BCUT2D eigenvalue weighted by molar-refractivity contribution is -0.00850. The first-order chi connectivity index (χ1) is 7.47. The Morgan fingerprint density at radius 3 is 3.00 bits per heavy atom. The summed E-state index contributed by atoms with van der Waals surface area (Å²) in [4.78, 5) is 0. The molecule has 3 heteroatoms. The number of fused-ring (bicyclic) bond motifs is 1. The molecule has 0 saturated carbocycles. The average molecular weight is 223 g/mol. The van der Waals surface area contributed by atoms with Crippen LogP contribution in [0.15, 0.2) is 16.7 Å². The Hall–Kier alpha value is -0.800. The van der Waals surface area contributed by atoms with E-state index < -0.39 is 0 Å². The van der Waals surface area contributed by atoms with Gasteiger partial charge in [0.2, 0.25) is 0 Å². The third-order valence-corrected chi connectivity index (χ3v) is 3.54. The Morgan fingerprint density at radius 2 is 2.31 bits per heavy atom. The molecule has 1 N–H and O–H groups in total. The molecule has 1 atom stereocenters. The normalized spacial score (nSPS) is 25.5. The highest BCUT2D eigenvalue weighted by Gasteiger charge is 2.38. The Balaban J connectivity index is 2.27. The first-order valence-electron chi connectivity index (χ1n) is 5.84. The molecule has 0 radical (unpaired) electrons. The van der Waals surface area contributed by atoms with Gasteiger partial charge in [0.25, 0.3) is 0 Å². The van der Waals surface area contributed by atoms with Crippen LogP contribution in [0.25, 0.3) is 0 Å². The molecule has 16 heavy (non-hydrogen) atoms. The third kappa shape index (κ3) is 2.02. The SMILES string of the molecule is COC(C)(C)CC1(C)NCCc2occc21. The van der Waals surface area contributed by atoms with E-state index in [-0.39, 0.29) is 11.1 Å². The minimum atomic E-state index is -0.131. The second kappa shape index (κ2) is 3.90. The highest BCUT2D eigenvalue weighted by atomic mass is 16.5. The second-order valence-corrected chi connectivity index (χ2v) is 5.41. The van der Waals surface area contributed by atoms with Gasteiger partial charge in [-0.3, -0.25) is 0 Å². The molecule has 1 aromatic heterocycles. The molecule has 0 fully saturated rings. The molecule has 1 unspecified atom stereocenters. The summed E-state index contributed by atoms with van der Waals surface area (Å²) in [6, 6.07) is 2.08. The van der Waals surface area contributed by atoms with Crippen LogP contribution in [-0.2, 0) is 16.7 Å². The van der Waals surface area contributed by atoms with Crippen molar-refractivity contribution in [2.24, 2.45) is 0 Å². The van der Waals surface area contributed by atoms with Gasteiger partial charge in [0.15, 0.2) is 0 Å². The fourth-order valence-electron chi connectivity index (χ4n) is 2.65. The van der Waals surface area contributed by atoms with Crippen molar-refractivity contribution in [3.05, 3.63) is 23.7 Å². The topological polar surface area (TPSA) is 34.4 Å². The number of furan rings is 1. The van der Waals surface area contributed by atoms with Crippen LogP contribution < -0.4 is 5.32 Å². The van der Waals surface area contributed by atoms with Gasteiger partial charge in [0.05, 0.1) is 11.9 Å². The maximum atomic E-state index is 5.53. The van der Waals surface area contributed by atoms with Crippen LogP contribution in [0.5, 0.6) is 0 Å². The molecule has 0 aromatic carbocycles. The zero-order chi connectivity index (χ0) is 11.8. The van der Waals surface area contributed by atoms with Crippen molar-refractivity contribution < 1.29 is 9.15 Å². The van der Waals surface area contributed by atoms with E-state index in [0.29, 0.717) is 0 Å². The molecule has 1 aromatic rings. The van der Waals surface area contributed by atoms with Gasteiger partial charge in [-0.2, -0.15) is 0 Å². The molecular formula is C13H21NO2. The van der Waals surface area contributed by atoms with Gasteiger partial charge in [-0.1, -0.05) is 0 Å². The van der Waals surface area contributed by atoms with Gasteiger partial charge in [0.1, 0.15) is 5.76 Å². The minimum Gasteiger partial charge on any atom is -0.469 e. The monoisotopic (exact) mass is 223 g/mol. The quantitative estimate of drug-likeness (QED) is 0.854. The Bertz CT molecular complexity index is 370. The van der Waals surface area contributed by atoms with E-state index in [0.717, 1.165) is 25.1 Å². The molecule has 90 valence electrons.